The Hall–Kier alpha value is -0.650. The van der Waals surface area contributed by atoms with Crippen LogP contribution in [0.25, 0.3) is 0 Å². The fraction of sp³-hybridized carbons (Fsp3) is 0.400. The highest BCUT2D eigenvalue weighted by Gasteiger charge is 2.28. The summed E-state index contributed by atoms with van der Waals surface area (Å²) in [5, 5.41) is 9.42. The second kappa shape index (κ2) is 4.47. The fourth-order valence-corrected chi connectivity index (χ4v) is 1.61. The second-order valence-electron chi connectivity index (χ2n) is 3.34. The zero-order valence-corrected chi connectivity index (χ0v) is 9.41. The molecule has 1 saturated heterocycles. The molecule has 0 radical (unpaired) electrons. The molecule has 0 aromatic heterocycles. The lowest BCUT2D eigenvalue weighted by molar-refractivity contribution is 0.0731. The smallest absolute Gasteiger partial charge is 0.150 e. The molecule has 1 heterocycles. The van der Waals surface area contributed by atoms with Gasteiger partial charge in [0.1, 0.15) is 23.8 Å². The summed E-state index contributed by atoms with van der Waals surface area (Å²) in [4.78, 5) is 0. The third-order valence-corrected chi connectivity index (χ3v) is 2.82. The first-order valence-electron chi connectivity index (χ1n) is 4.54. The molecule has 2 rings (SSSR count). The van der Waals surface area contributed by atoms with Gasteiger partial charge in [0.25, 0.3) is 0 Å². The molecule has 2 atom stereocenters. The van der Waals surface area contributed by atoms with Gasteiger partial charge in [-0.25, -0.2) is 4.39 Å². The molecule has 0 spiro atoms. The van der Waals surface area contributed by atoms with Gasteiger partial charge in [-0.2, -0.15) is 0 Å². The number of benzene rings is 1. The van der Waals surface area contributed by atoms with Gasteiger partial charge in [-0.3, -0.25) is 0 Å². The molecule has 1 aliphatic heterocycles. The average molecular weight is 277 g/mol. The highest BCUT2D eigenvalue weighted by atomic mass is 79.9. The van der Waals surface area contributed by atoms with Crippen molar-refractivity contribution in [2.45, 2.75) is 12.2 Å². The summed E-state index contributed by atoms with van der Waals surface area (Å²) in [6.45, 7) is 0.600. The van der Waals surface area contributed by atoms with E-state index in [1.807, 2.05) is 0 Å². The third-order valence-electron chi connectivity index (χ3n) is 2.18. The summed E-state index contributed by atoms with van der Waals surface area (Å²) in [6.07, 6.45) is -1.05. The number of rotatable bonds is 2. The first kappa shape index (κ1) is 10.9. The number of halogens is 2. The number of hydrogen-bond acceptors (Lipinski definition) is 3. The van der Waals surface area contributed by atoms with Gasteiger partial charge in [0, 0.05) is 6.07 Å². The Labute approximate surface area is 94.9 Å². The van der Waals surface area contributed by atoms with E-state index in [1.165, 1.54) is 6.07 Å². The molecule has 3 nitrogen and oxygen atoms in total. The van der Waals surface area contributed by atoms with E-state index in [4.69, 9.17) is 9.47 Å². The predicted octanol–water partition coefficient (Wildman–Crippen LogP) is 1.73. The molecular formula is C10H10BrFO3. The van der Waals surface area contributed by atoms with E-state index in [9.17, 15) is 9.50 Å². The summed E-state index contributed by atoms with van der Waals surface area (Å²) in [7, 11) is 0. The number of hydrogen-bond donors (Lipinski definition) is 1. The quantitative estimate of drug-likeness (QED) is 0.894. The predicted molar refractivity (Wildman–Crippen MR) is 55.3 cm³/mol. The van der Waals surface area contributed by atoms with Gasteiger partial charge in [-0.15, -0.1) is 0 Å². The van der Waals surface area contributed by atoms with E-state index >= 15 is 0 Å². The zero-order chi connectivity index (χ0) is 10.8. The molecule has 0 aliphatic carbocycles. The summed E-state index contributed by atoms with van der Waals surface area (Å²) in [6, 6.07) is 4.47. The molecule has 5 heteroatoms. The van der Waals surface area contributed by atoms with Crippen molar-refractivity contribution in [1.29, 1.82) is 0 Å². The van der Waals surface area contributed by atoms with E-state index in [2.05, 4.69) is 15.9 Å². The van der Waals surface area contributed by atoms with E-state index in [-0.39, 0.29) is 12.4 Å². The molecule has 0 unspecified atom stereocenters. The Kier molecular flexibility index (Phi) is 3.23. The lowest BCUT2D eigenvalue weighted by Crippen LogP contribution is -2.29. The van der Waals surface area contributed by atoms with Gasteiger partial charge in [-0.05, 0) is 28.1 Å². The molecule has 1 fully saturated rings. The normalized spacial score (nSPS) is 25.5. The Morgan fingerprint density at radius 3 is 2.87 bits per heavy atom. The van der Waals surface area contributed by atoms with E-state index in [1.54, 1.807) is 12.1 Å². The Balaban J connectivity index is 2.07. The van der Waals surface area contributed by atoms with Crippen molar-refractivity contribution < 1.29 is 19.0 Å². The maximum absolute atomic E-state index is 13.1. The first-order valence-corrected chi connectivity index (χ1v) is 5.33. The molecule has 0 amide bonds. The molecule has 15 heavy (non-hydrogen) atoms. The van der Waals surface area contributed by atoms with Crippen LogP contribution >= 0.6 is 15.9 Å². The van der Waals surface area contributed by atoms with Gasteiger partial charge in [0.15, 0.2) is 0 Å². The summed E-state index contributed by atoms with van der Waals surface area (Å²) in [5.74, 6) is 0.00570. The van der Waals surface area contributed by atoms with Crippen molar-refractivity contribution in [3.05, 3.63) is 28.5 Å². The molecular weight excluding hydrogens is 267 g/mol. The van der Waals surface area contributed by atoms with Crippen LogP contribution in [0.4, 0.5) is 4.39 Å². The van der Waals surface area contributed by atoms with Crippen LogP contribution in [0.1, 0.15) is 0 Å². The largest absolute Gasteiger partial charge is 0.485 e. The van der Waals surface area contributed by atoms with Gasteiger partial charge in [0.2, 0.25) is 0 Å². The standard InChI is InChI=1S/C10H10BrFO3/c11-7-2-1-6(3-8(7)12)15-10-5-14-4-9(10)13/h1-3,9-10,13H,4-5H2/t9-,10-/m1/s1. The van der Waals surface area contributed by atoms with Crippen molar-refractivity contribution in [1.82, 2.24) is 0 Å². The van der Waals surface area contributed by atoms with Gasteiger partial charge in [0.05, 0.1) is 17.7 Å². The van der Waals surface area contributed by atoms with Gasteiger partial charge < -0.3 is 14.6 Å². The maximum Gasteiger partial charge on any atom is 0.150 e. The minimum atomic E-state index is -0.642. The van der Waals surface area contributed by atoms with Crippen LogP contribution in [0.3, 0.4) is 0 Å². The second-order valence-corrected chi connectivity index (χ2v) is 4.19. The molecule has 0 saturated carbocycles. The fourth-order valence-electron chi connectivity index (χ4n) is 1.36. The monoisotopic (exact) mass is 276 g/mol. The van der Waals surface area contributed by atoms with E-state index in [0.29, 0.717) is 16.8 Å². The molecule has 1 aliphatic rings. The Morgan fingerprint density at radius 2 is 2.27 bits per heavy atom. The van der Waals surface area contributed by atoms with Crippen molar-refractivity contribution in [2.24, 2.45) is 0 Å². The van der Waals surface area contributed by atoms with Crippen LogP contribution in [0.5, 0.6) is 5.75 Å². The highest BCUT2D eigenvalue weighted by molar-refractivity contribution is 9.10. The summed E-state index contributed by atoms with van der Waals surface area (Å²) >= 11 is 3.05. The van der Waals surface area contributed by atoms with Crippen LogP contribution in [-0.4, -0.2) is 30.5 Å². The van der Waals surface area contributed by atoms with Crippen molar-refractivity contribution in [2.75, 3.05) is 13.2 Å². The molecule has 82 valence electrons. The lowest BCUT2D eigenvalue weighted by Gasteiger charge is -2.15. The van der Waals surface area contributed by atoms with Crippen LogP contribution in [0, 0.1) is 5.82 Å². The SMILES string of the molecule is O[C@@H]1COC[C@H]1Oc1ccc(Br)c(F)c1. The van der Waals surface area contributed by atoms with E-state index < -0.39 is 12.2 Å². The molecule has 1 aromatic rings. The summed E-state index contributed by atoms with van der Waals surface area (Å²) in [5.41, 5.74) is 0. The molecule has 1 N–H and O–H groups in total. The van der Waals surface area contributed by atoms with Crippen molar-refractivity contribution in [3.63, 3.8) is 0 Å². The number of aliphatic hydroxyl groups is 1. The minimum Gasteiger partial charge on any atom is -0.485 e. The minimum absolute atomic E-state index is 0.268. The van der Waals surface area contributed by atoms with Crippen LogP contribution in [0.15, 0.2) is 22.7 Å². The van der Waals surface area contributed by atoms with Crippen LogP contribution in [-0.2, 0) is 4.74 Å². The first-order chi connectivity index (χ1) is 7.16. The Morgan fingerprint density at radius 1 is 1.47 bits per heavy atom. The van der Waals surface area contributed by atoms with Crippen molar-refractivity contribution in [3.8, 4) is 5.75 Å². The van der Waals surface area contributed by atoms with Gasteiger partial charge >= 0.3 is 0 Å². The maximum atomic E-state index is 13.1. The third kappa shape index (κ3) is 2.48. The van der Waals surface area contributed by atoms with Crippen LogP contribution in [0.2, 0.25) is 0 Å². The van der Waals surface area contributed by atoms with Crippen LogP contribution < -0.4 is 4.74 Å². The molecule has 1 aromatic carbocycles. The van der Waals surface area contributed by atoms with Gasteiger partial charge in [-0.1, -0.05) is 0 Å². The van der Waals surface area contributed by atoms with E-state index in [0.717, 1.165) is 0 Å². The summed E-state index contributed by atoms with van der Waals surface area (Å²) < 4.78 is 23.9. The number of aliphatic hydroxyl groups excluding tert-OH is 1. The molecule has 0 bridgehead atoms. The average Bonchev–Trinajstić information content (AvgIpc) is 2.59. The highest BCUT2D eigenvalue weighted by Crippen LogP contribution is 2.23. The van der Waals surface area contributed by atoms with Crippen molar-refractivity contribution >= 4 is 15.9 Å². The zero-order valence-electron chi connectivity index (χ0n) is 7.82. The Bertz CT molecular complexity index is 359. The number of ether oxygens (including phenoxy) is 2. The topological polar surface area (TPSA) is 38.7 Å². The lowest BCUT2D eigenvalue weighted by atomic mass is 10.2.